The molecule has 1 atom stereocenters. The largest absolute Gasteiger partial charge is 0.352 e. The van der Waals surface area contributed by atoms with Crippen molar-refractivity contribution < 1.29 is 0 Å². The van der Waals surface area contributed by atoms with Gasteiger partial charge >= 0.3 is 0 Å². The molecule has 25 heavy (non-hydrogen) atoms. The molecule has 5 heteroatoms. The summed E-state index contributed by atoms with van der Waals surface area (Å²) in [7, 11) is 0. The molecule has 0 fully saturated rings. The molecule has 2 aromatic rings. The predicted molar refractivity (Wildman–Crippen MR) is 109 cm³/mol. The van der Waals surface area contributed by atoms with E-state index in [4.69, 9.17) is 35.4 Å². The van der Waals surface area contributed by atoms with Gasteiger partial charge in [0.2, 0.25) is 0 Å². The molecular weight excluding hydrogens is 371 g/mol. The van der Waals surface area contributed by atoms with Gasteiger partial charge < -0.3 is 10.6 Å². The number of benzene rings is 2. The number of hydrogen-bond acceptors (Lipinski definition) is 1. The van der Waals surface area contributed by atoms with Crippen LogP contribution in [0.2, 0.25) is 10.0 Å². The molecular formula is C20H16Cl2N2S. The third kappa shape index (κ3) is 3.45. The second-order valence-electron chi connectivity index (χ2n) is 6.20. The zero-order valence-corrected chi connectivity index (χ0v) is 15.7. The van der Waals surface area contributed by atoms with Crippen LogP contribution in [0.4, 0.5) is 0 Å². The molecule has 0 amide bonds. The summed E-state index contributed by atoms with van der Waals surface area (Å²) in [5.41, 5.74) is 6.09. The molecule has 0 radical (unpaired) electrons. The average molecular weight is 387 g/mol. The Morgan fingerprint density at radius 1 is 0.920 bits per heavy atom. The van der Waals surface area contributed by atoms with E-state index in [2.05, 4.69) is 28.8 Å². The van der Waals surface area contributed by atoms with Gasteiger partial charge in [0.15, 0.2) is 5.11 Å². The molecule has 2 aromatic carbocycles. The highest BCUT2D eigenvalue weighted by molar-refractivity contribution is 7.80. The van der Waals surface area contributed by atoms with Crippen molar-refractivity contribution in [2.75, 3.05) is 0 Å². The monoisotopic (exact) mass is 386 g/mol. The molecule has 1 unspecified atom stereocenters. The molecule has 2 N–H and O–H groups in total. The van der Waals surface area contributed by atoms with Crippen LogP contribution in [0, 0.1) is 0 Å². The third-order valence-electron chi connectivity index (χ3n) is 4.58. The van der Waals surface area contributed by atoms with Gasteiger partial charge in [-0.1, -0.05) is 47.5 Å². The Morgan fingerprint density at radius 2 is 1.56 bits per heavy atom. The quantitative estimate of drug-likeness (QED) is 0.652. The average Bonchev–Trinajstić information content (AvgIpc) is 3.00. The van der Waals surface area contributed by atoms with E-state index in [1.54, 1.807) is 0 Å². The van der Waals surface area contributed by atoms with Gasteiger partial charge in [-0.05, 0) is 77.7 Å². The molecule has 1 aliphatic heterocycles. The fourth-order valence-corrected chi connectivity index (χ4v) is 3.86. The van der Waals surface area contributed by atoms with Crippen molar-refractivity contribution in [2.45, 2.75) is 18.9 Å². The van der Waals surface area contributed by atoms with Gasteiger partial charge in [-0.25, -0.2) is 0 Å². The third-order valence-corrected chi connectivity index (χ3v) is 5.31. The molecule has 0 saturated heterocycles. The zero-order chi connectivity index (χ0) is 17.4. The minimum Gasteiger partial charge on any atom is -0.352 e. The van der Waals surface area contributed by atoms with Crippen LogP contribution in [0.25, 0.3) is 6.08 Å². The van der Waals surface area contributed by atoms with E-state index < -0.39 is 0 Å². The molecule has 1 heterocycles. The van der Waals surface area contributed by atoms with Crippen LogP contribution in [0.3, 0.4) is 0 Å². The highest BCUT2D eigenvalue weighted by Gasteiger charge is 2.31. The van der Waals surface area contributed by atoms with Gasteiger partial charge in [0.05, 0.1) is 6.04 Å². The lowest BCUT2D eigenvalue weighted by atomic mass is 9.96. The van der Waals surface area contributed by atoms with Gasteiger partial charge in [-0.15, -0.1) is 0 Å². The Labute approximate surface area is 162 Å². The van der Waals surface area contributed by atoms with Crippen LogP contribution in [-0.4, -0.2) is 5.11 Å². The zero-order valence-electron chi connectivity index (χ0n) is 13.4. The number of nitrogens with one attached hydrogen (secondary N) is 2. The molecule has 2 nitrogen and oxygen atoms in total. The Bertz CT molecular complexity index is 883. The number of hydrogen-bond donors (Lipinski definition) is 2. The van der Waals surface area contributed by atoms with E-state index in [-0.39, 0.29) is 6.04 Å². The molecule has 0 aromatic heterocycles. The maximum absolute atomic E-state index is 6.03. The smallest absolute Gasteiger partial charge is 0.171 e. The summed E-state index contributed by atoms with van der Waals surface area (Å²) in [4.78, 5) is 0. The first kappa shape index (κ1) is 16.6. The maximum atomic E-state index is 6.03. The minimum absolute atomic E-state index is 0.0946. The lowest BCUT2D eigenvalue weighted by Crippen LogP contribution is -2.42. The summed E-state index contributed by atoms with van der Waals surface area (Å²) >= 11 is 17.4. The van der Waals surface area contributed by atoms with Gasteiger partial charge in [-0.2, -0.15) is 0 Å². The fraction of sp³-hybridized carbons (Fsp3) is 0.150. The van der Waals surface area contributed by atoms with Gasteiger partial charge in [0, 0.05) is 15.7 Å². The van der Waals surface area contributed by atoms with Crippen molar-refractivity contribution in [2.24, 2.45) is 0 Å². The Balaban J connectivity index is 1.71. The normalized spacial score (nSPS) is 21.1. The van der Waals surface area contributed by atoms with Gasteiger partial charge in [0.1, 0.15) is 0 Å². The van der Waals surface area contributed by atoms with Crippen molar-refractivity contribution in [1.29, 1.82) is 0 Å². The van der Waals surface area contributed by atoms with Crippen LogP contribution in [-0.2, 0) is 0 Å². The van der Waals surface area contributed by atoms with Crippen molar-refractivity contribution in [3.05, 3.63) is 86.5 Å². The van der Waals surface area contributed by atoms with Crippen molar-refractivity contribution in [3.8, 4) is 0 Å². The topological polar surface area (TPSA) is 24.1 Å². The highest BCUT2D eigenvalue weighted by Crippen LogP contribution is 2.40. The summed E-state index contributed by atoms with van der Waals surface area (Å²) in [5, 5.41) is 8.88. The van der Waals surface area contributed by atoms with E-state index in [1.807, 2.05) is 36.4 Å². The Kier molecular flexibility index (Phi) is 4.55. The summed E-state index contributed by atoms with van der Waals surface area (Å²) in [6, 6.07) is 15.9. The molecule has 1 aliphatic carbocycles. The second kappa shape index (κ2) is 6.83. The van der Waals surface area contributed by atoms with Crippen molar-refractivity contribution >= 4 is 46.6 Å². The molecule has 126 valence electrons. The van der Waals surface area contributed by atoms with Gasteiger partial charge in [0.25, 0.3) is 0 Å². The summed E-state index contributed by atoms with van der Waals surface area (Å²) < 4.78 is 0. The molecule has 0 bridgehead atoms. The number of thiocarbonyl (C=S) groups is 1. The standard InChI is InChI=1S/C20H16Cl2N2S/c21-15-6-1-12(2-7-15)11-14-5-10-17-18(23-20(25)24-19(14)17)13-3-8-16(22)9-4-13/h1-4,6-9,11,18H,5,10H2,(H2,23,24,25)/b14-11+. The number of halogens is 2. The van der Waals surface area contributed by atoms with Crippen LogP contribution in [0.15, 0.2) is 65.4 Å². The van der Waals surface area contributed by atoms with Crippen LogP contribution >= 0.6 is 35.4 Å². The van der Waals surface area contributed by atoms with Crippen LogP contribution in [0.1, 0.15) is 30.0 Å². The van der Waals surface area contributed by atoms with E-state index in [0.29, 0.717) is 5.11 Å². The summed E-state index contributed by atoms with van der Waals surface area (Å²) in [6.07, 6.45) is 4.21. The first-order valence-electron chi connectivity index (χ1n) is 8.13. The van der Waals surface area contributed by atoms with Crippen LogP contribution in [0.5, 0.6) is 0 Å². The molecule has 4 rings (SSSR count). The Hall–Kier alpha value is -1.81. The van der Waals surface area contributed by atoms with E-state index in [9.17, 15) is 0 Å². The first-order valence-corrected chi connectivity index (χ1v) is 9.29. The minimum atomic E-state index is 0.0946. The molecule has 0 spiro atoms. The van der Waals surface area contributed by atoms with Gasteiger partial charge in [-0.3, -0.25) is 0 Å². The highest BCUT2D eigenvalue weighted by atomic mass is 35.5. The second-order valence-corrected chi connectivity index (χ2v) is 7.49. The SMILES string of the molecule is S=C1NC2=C(CC/C2=C\c2ccc(Cl)cc2)C(c2ccc(Cl)cc2)N1. The van der Waals surface area contributed by atoms with Crippen molar-refractivity contribution in [1.82, 2.24) is 10.6 Å². The van der Waals surface area contributed by atoms with E-state index >= 15 is 0 Å². The van der Waals surface area contributed by atoms with E-state index in [0.717, 1.165) is 34.1 Å². The summed E-state index contributed by atoms with van der Waals surface area (Å²) in [5.74, 6) is 0. The fourth-order valence-electron chi connectivity index (χ4n) is 3.39. The Morgan fingerprint density at radius 3 is 2.24 bits per heavy atom. The van der Waals surface area contributed by atoms with Crippen molar-refractivity contribution in [3.63, 3.8) is 0 Å². The summed E-state index contributed by atoms with van der Waals surface area (Å²) in [6.45, 7) is 0. The lowest BCUT2D eigenvalue weighted by molar-refractivity contribution is 0.683. The number of allylic oxidation sites excluding steroid dienone is 1. The first-order chi connectivity index (χ1) is 12.1. The number of rotatable bonds is 2. The molecule has 0 saturated carbocycles. The van der Waals surface area contributed by atoms with Crippen LogP contribution < -0.4 is 10.6 Å². The van der Waals surface area contributed by atoms with E-state index in [1.165, 1.54) is 16.7 Å². The maximum Gasteiger partial charge on any atom is 0.171 e. The predicted octanol–water partition coefficient (Wildman–Crippen LogP) is 5.64. The lowest BCUT2D eigenvalue weighted by Gasteiger charge is -2.29. The molecule has 2 aliphatic rings.